The Bertz CT molecular complexity index is 358. The highest BCUT2D eigenvalue weighted by Crippen LogP contribution is 2.33. The highest BCUT2D eigenvalue weighted by atomic mass is 19.2. The Balaban J connectivity index is 3.15. The van der Waals surface area contributed by atoms with Crippen LogP contribution in [0.3, 0.4) is 0 Å². The SMILES string of the molecule is CONCc1c(O)c(OC)cc(F)c1F. The lowest BCUT2D eigenvalue weighted by molar-refractivity contribution is 0.0850. The molecule has 1 aromatic carbocycles. The van der Waals surface area contributed by atoms with E-state index < -0.39 is 17.4 Å². The molecular formula is C9H11F2NO3. The molecule has 0 atom stereocenters. The predicted molar refractivity (Wildman–Crippen MR) is 48.4 cm³/mol. The summed E-state index contributed by atoms with van der Waals surface area (Å²) in [4.78, 5) is 4.48. The van der Waals surface area contributed by atoms with Crippen molar-refractivity contribution in [2.24, 2.45) is 0 Å². The Hall–Kier alpha value is -1.40. The lowest BCUT2D eigenvalue weighted by atomic mass is 10.1. The fraction of sp³-hybridized carbons (Fsp3) is 0.333. The first kappa shape index (κ1) is 11.7. The second-order valence-electron chi connectivity index (χ2n) is 2.73. The standard InChI is InChI=1S/C9H11F2NO3/c1-14-7-3-6(10)8(11)5(9(7)13)4-12-15-2/h3,12-13H,4H2,1-2H3. The van der Waals surface area contributed by atoms with Gasteiger partial charge in [-0.3, -0.25) is 0 Å². The largest absolute Gasteiger partial charge is 0.504 e. The van der Waals surface area contributed by atoms with Crippen molar-refractivity contribution in [1.29, 1.82) is 0 Å². The number of nitrogens with one attached hydrogen (secondary N) is 1. The van der Waals surface area contributed by atoms with Gasteiger partial charge in [-0.15, -0.1) is 0 Å². The molecule has 0 aliphatic rings. The number of phenolic OH excluding ortho intramolecular Hbond substituents is 1. The fourth-order valence-corrected chi connectivity index (χ4v) is 1.10. The summed E-state index contributed by atoms with van der Waals surface area (Å²) in [7, 11) is 2.57. The smallest absolute Gasteiger partial charge is 0.167 e. The molecule has 0 heterocycles. The Morgan fingerprint density at radius 2 is 2.07 bits per heavy atom. The van der Waals surface area contributed by atoms with Crippen LogP contribution in [0.4, 0.5) is 8.78 Å². The first-order valence-electron chi connectivity index (χ1n) is 4.11. The highest BCUT2D eigenvalue weighted by Gasteiger charge is 2.18. The molecule has 6 heteroatoms. The molecule has 1 rings (SSSR count). The Labute approximate surface area is 85.4 Å². The molecule has 0 bridgehead atoms. The minimum Gasteiger partial charge on any atom is -0.504 e. The van der Waals surface area contributed by atoms with Crippen molar-refractivity contribution in [2.75, 3.05) is 14.2 Å². The van der Waals surface area contributed by atoms with Crippen LogP contribution in [-0.2, 0) is 11.4 Å². The Kier molecular flexibility index (Phi) is 3.81. The summed E-state index contributed by atoms with van der Waals surface area (Å²) in [5.41, 5.74) is 2.06. The summed E-state index contributed by atoms with van der Waals surface area (Å²) in [6, 6.07) is 0.779. The van der Waals surface area contributed by atoms with Crippen molar-refractivity contribution in [2.45, 2.75) is 6.54 Å². The first-order valence-corrected chi connectivity index (χ1v) is 4.11. The van der Waals surface area contributed by atoms with Crippen LogP contribution in [0, 0.1) is 11.6 Å². The van der Waals surface area contributed by atoms with Crippen LogP contribution in [0.5, 0.6) is 11.5 Å². The fourth-order valence-electron chi connectivity index (χ4n) is 1.10. The molecule has 0 aromatic heterocycles. The van der Waals surface area contributed by atoms with Crippen LogP contribution < -0.4 is 10.2 Å². The monoisotopic (exact) mass is 219 g/mol. The van der Waals surface area contributed by atoms with Gasteiger partial charge >= 0.3 is 0 Å². The van der Waals surface area contributed by atoms with E-state index in [0.717, 1.165) is 6.07 Å². The van der Waals surface area contributed by atoms with Gasteiger partial charge in [-0.1, -0.05) is 0 Å². The molecule has 0 unspecified atom stereocenters. The van der Waals surface area contributed by atoms with Gasteiger partial charge in [0.15, 0.2) is 23.1 Å². The van der Waals surface area contributed by atoms with Gasteiger partial charge in [0.1, 0.15) is 0 Å². The van der Waals surface area contributed by atoms with Crippen molar-refractivity contribution >= 4 is 0 Å². The lowest BCUT2D eigenvalue weighted by Gasteiger charge is -2.10. The molecule has 1 aromatic rings. The summed E-state index contributed by atoms with van der Waals surface area (Å²) in [6.07, 6.45) is 0. The van der Waals surface area contributed by atoms with Crippen molar-refractivity contribution in [3.63, 3.8) is 0 Å². The minimum atomic E-state index is -1.13. The van der Waals surface area contributed by atoms with E-state index in [4.69, 9.17) is 0 Å². The third-order valence-electron chi connectivity index (χ3n) is 1.86. The maximum absolute atomic E-state index is 13.2. The number of rotatable bonds is 4. The number of phenols is 1. The van der Waals surface area contributed by atoms with E-state index in [2.05, 4.69) is 15.1 Å². The highest BCUT2D eigenvalue weighted by molar-refractivity contribution is 5.46. The van der Waals surface area contributed by atoms with Crippen molar-refractivity contribution in [3.05, 3.63) is 23.3 Å². The third kappa shape index (κ3) is 2.34. The molecular weight excluding hydrogens is 208 g/mol. The average molecular weight is 219 g/mol. The Morgan fingerprint density at radius 3 is 2.60 bits per heavy atom. The second-order valence-corrected chi connectivity index (χ2v) is 2.73. The van der Waals surface area contributed by atoms with Crippen LogP contribution in [0.25, 0.3) is 0 Å². The molecule has 0 amide bonds. The zero-order valence-corrected chi connectivity index (χ0v) is 8.30. The van der Waals surface area contributed by atoms with Gasteiger partial charge in [-0.2, -0.15) is 5.48 Å². The summed E-state index contributed by atoms with van der Waals surface area (Å²) < 4.78 is 30.9. The van der Waals surface area contributed by atoms with E-state index in [1.807, 2.05) is 0 Å². The number of halogens is 2. The van der Waals surface area contributed by atoms with E-state index in [1.165, 1.54) is 14.2 Å². The van der Waals surface area contributed by atoms with Gasteiger partial charge in [-0.25, -0.2) is 8.78 Å². The van der Waals surface area contributed by atoms with Crippen LogP contribution in [0.2, 0.25) is 0 Å². The molecule has 0 spiro atoms. The molecule has 0 fully saturated rings. The normalized spacial score (nSPS) is 10.4. The van der Waals surface area contributed by atoms with Gasteiger partial charge in [0, 0.05) is 6.07 Å². The van der Waals surface area contributed by atoms with Crippen molar-refractivity contribution in [3.8, 4) is 11.5 Å². The molecule has 4 nitrogen and oxygen atoms in total. The second kappa shape index (κ2) is 4.90. The quantitative estimate of drug-likeness (QED) is 0.750. The molecule has 0 aliphatic carbocycles. The molecule has 84 valence electrons. The number of hydrogen-bond acceptors (Lipinski definition) is 4. The van der Waals surface area contributed by atoms with Crippen LogP contribution in [0.1, 0.15) is 5.56 Å². The molecule has 0 saturated carbocycles. The van der Waals surface area contributed by atoms with E-state index >= 15 is 0 Å². The van der Waals surface area contributed by atoms with Gasteiger partial charge in [0.2, 0.25) is 0 Å². The maximum Gasteiger partial charge on any atom is 0.167 e. The number of benzene rings is 1. The molecule has 0 saturated heterocycles. The zero-order chi connectivity index (χ0) is 11.4. The minimum absolute atomic E-state index is 0.123. The number of ether oxygens (including phenoxy) is 1. The summed E-state index contributed by atoms with van der Waals surface area (Å²) >= 11 is 0. The van der Waals surface area contributed by atoms with Crippen LogP contribution in [-0.4, -0.2) is 19.3 Å². The number of hydroxylamine groups is 1. The third-order valence-corrected chi connectivity index (χ3v) is 1.86. The van der Waals surface area contributed by atoms with Crippen molar-refractivity contribution in [1.82, 2.24) is 5.48 Å². The molecule has 0 aliphatic heterocycles. The maximum atomic E-state index is 13.2. The van der Waals surface area contributed by atoms with Gasteiger partial charge in [0.25, 0.3) is 0 Å². The molecule has 2 N–H and O–H groups in total. The topological polar surface area (TPSA) is 50.7 Å². The van der Waals surface area contributed by atoms with Crippen LogP contribution in [0.15, 0.2) is 6.07 Å². The molecule has 0 radical (unpaired) electrons. The molecule has 15 heavy (non-hydrogen) atoms. The lowest BCUT2D eigenvalue weighted by Crippen LogP contribution is -2.13. The van der Waals surface area contributed by atoms with E-state index in [9.17, 15) is 13.9 Å². The number of hydrogen-bond donors (Lipinski definition) is 2. The first-order chi connectivity index (χ1) is 7.11. The zero-order valence-electron chi connectivity index (χ0n) is 8.30. The summed E-state index contributed by atoms with van der Waals surface area (Å²) in [6.45, 7) is -0.164. The van der Waals surface area contributed by atoms with Gasteiger partial charge in [0.05, 0.1) is 26.3 Å². The van der Waals surface area contributed by atoms with Crippen molar-refractivity contribution < 1.29 is 23.5 Å². The number of aromatic hydroxyl groups is 1. The Morgan fingerprint density at radius 1 is 1.40 bits per heavy atom. The summed E-state index contributed by atoms with van der Waals surface area (Å²) in [5, 5.41) is 9.49. The average Bonchev–Trinajstić information content (AvgIpc) is 2.23. The van der Waals surface area contributed by atoms with Gasteiger partial charge in [-0.05, 0) is 0 Å². The van der Waals surface area contributed by atoms with E-state index in [1.54, 1.807) is 0 Å². The van der Waals surface area contributed by atoms with Gasteiger partial charge < -0.3 is 14.7 Å². The predicted octanol–water partition coefficient (Wildman–Crippen LogP) is 1.33. The summed E-state index contributed by atoms with van der Waals surface area (Å²) in [5.74, 6) is -2.78. The van der Waals surface area contributed by atoms with E-state index in [-0.39, 0.29) is 17.9 Å². The number of methoxy groups -OCH3 is 1. The van der Waals surface area contributed by atoms with E-state index in [0.29, 0.717) is 0 Å². The van der Waals surface area contributed by atoms with Crippen LogP contribution >= 0.6 is 0 Å².